The van der Waals surface area contributed by atoms with Crippen molar-refractivity contribution in [1.82, 2.24) is 9.97 Å². The second-order valence-corrected chi connectivity index (χ2v) is 20.4. The molecule has 2 nitrogen and oxygen atoms in total. The van der Waals surface area contributed by atoms with Crippen LogP contribution in [-0.4, -0.2) is 23.2 Å². The van der Waals surface area contributed by atoms with Crippen LogP contribution in [0.4, 0.5) is 0 Å². The van der Waals surface area contributed by atoms with Crippen molar-refractivity contribution in [3.8, 4) is 11.3 Å². The summed E-state index contributed by atoms with van der Waals surface area (Å²) in [6.07, 6.45) is 3.70. The van der Waals surface area contributed by atoms with E-state index in [2.05, 4.69) is 109 Å². The van der Waals surface area contributed by atoms with Crippen molar-refractivity contribution in [3.63, 3.8) is 0 Å². The molecule has 1 radical (unpaired) electrons. The van der Waals surface area contributed by atoms with Crippen molar-refractivity contribution in [1.29, 1.82) is 0 Å². The molecular weight excluding hydrogens is 701 g/mol. The Balaban J connectivity index is 0.000000157. The van der Waals surface area contributed by atoms with E-state index >= 15 is 0 Å². The number of nitrogens with zero attached hydrogens (tertiary/aromatic N) is 2. The van der Waals surface area contributed by atoms with Crippen LogP contribution >= 0.6 is 0 Å². The molecule has 0 amide bonds. The van der Waals surface area contributed by atoms with Crippen LogP contribution < -0.4 is 8.79 Å². The fourth-order valence-corrected chi connectivity index (χ4v) is 12.0. The van der Waals surface area contributed by atoms with Crippen molar-refractivity contribution in [2.45, 2.75) is 37.7 Å². The first-order chi connectivity index (χ1) is 17.8. The molecule has 4 heteroatoms. The Kier molecular flexibility index (Phi) is 7.07. The van der Waals surface area contributed by atoms with Crippen LogP contribution in [0.1, 0.15) is 26.3 Å². The second kappa shape index (κ2) is 10.0. The number of aromatic nitrogens is 2. The van der Waals surface area contributed by atoms with Gasteiger partial charge in [0.1, 0.15) is 0 Å². The van der Waals surface area contributed by atoms with Crippen LogP contribution in [-0.2, 0) is 25.5 Å². The van der Waals surface area contributed by atoms with Gasteiger partial charge in [-0.25, -0.2) is 0 Å². The summed E-state index contributed by atoms with van der Waals surface area (Å²) in [5.41, 5.74) is 4.60. The third-order valence-electron chi connectivity index (χ3n) is 7.61. The van der Waals surface area contributed by atoms with Crippen LogP contribution in [0.25, 0.3) is 43.7 Å². The zero-order valence-corrected chi connectivity index (χ0v) is 26.9. The third kappa shape index (κ3) is 4.41. The average Bonchev–Trinajstić information content (AvgIpc) is 3.16. The van der Waals surface area contributed by atoms with Gasteiger partial charge in [-0.3, -0.25) is 0 Å². The summed E-state index contributed by atoms with van der Waals surface area (Å²) in [5.74, 6) is 5.00. The minimum absolute atomic E-state index is 0. The summed E-state index contributed by atoms with van der Waals surface area (Å²) >= 11 is -2.16. The maximum atomic E-state index is 4.66. The Morgan fingerprint density at radius 3 is 2.18 bits per heavy atom. The molecule has 1 aliphatic heterocycles. The maximum absolute atomic E-state index is 4.66. The molecule has 2 aromatic heterocycles. The van der Waals surface area contributed by atoms with E-state index in [-0.39, 0.29) is 25.5 Å². The van der Waals surface area contributed by atoms with E-state index < -0.39 is 13.3 Å². The Labute approximate surface area is 241 Å². The maximum Gasteiger partial charge on any atom is 0 e. The second-order valence-electron chi connectivity index (χ2n) is 11.4. The van der Waals surface area contributed by atoms with E-state index in [9.17, 15) is 0 Å². The average molecular weight is 731 g/mol. The van der Waals surface area contributed by atoms with Gasteiger partial charge in [-0.2, -0.15) is 0 Å². The molecule has 0 aliphatic carbocycles. The Hall–Kier alpha value is -2.85. The van der Waals surface area contributed by atoms with Crippen molar-refractivity contribution in [2.75, 3.05) is 0 Å². The van der Waals surface area contributed by atoms with E-state index in [1.165, 1.54) is 32.5 Å². The quantitative estimate of drug-likeness (QED) is 0.101. The number of hydrogen-bond acceptors (Lipinski definition) is 2. The summed E-state index contributed by atoms with van der Waals surface area (Å²) in [6.45, 7) is 6.61. The molecular formula is C34H30GeIrN2-2. The largest absolute Gasteiger partial charge is 0 e. The van der Waals surface area contributed by atoms with E-state index in [0.717, 1.165) is 16.8 Å². The molecule has 0 bridgehead atoms. The van der Waals surface area contributed by atoms with Crippen LogP contribution in [0.15, 0.2) is 91.3 Å². The third-order valence-corrected chi connectivity index (χ3v) is 15.0. The molecule has 3 heterocycles. The van der Waals surface area contributed by atoms with Gasteiger partial charge >= 0.3 is 126 Å². The van der Waals surface area contributed by atoms with Gasteiger partial charge in [0.2, 0.25) is 0 Å². The Bertz CT molecular complexity index is 1680. The molecule has 4 aromatic carbocycles. The molecule has 0 unspecified atom stereocenters. The fraction of sp³-hybridized carbons (Fsp3) is 0.176. The van der Waals surface area contributed by atoms with Crippen LogP contribution in [0.5, 0.6) is 0 Å². The number of hydrogen-bond donors (Lipinski definition) is 0. The fourth-order valence-electron chi connectivity index (χ4n) is 5.57. The van der Waals surface area contributed by atoms with Crippen molar-refractivity contribution < 1.29 is 20.1 Å². The molecule has 0 saturated carbocycles. The summed E-state index contributed by atoms with van der Waals surface area (Å²) in [4.78, 5) is 8.97. The van der Waals surface area contributed by atoms with E-state index in [1.54, 1.807) is 15.0 Å². The van der Waals surface area contributed by atoms with Gasteiger partial charge in [0.05, 0.1) is 0 Å². The normalized spacial score (nSPS) is 13.4. The Morgan fingerprint density at radius 2 is 1.47 bits per heavy atom. The zero-order valence-electron chi connectivity index (χ0n) is 22.4. The predicted octanol–water partition coefficient (Wildman–Crippen LogP) is 7.32. The number of pyridine rings is 2. The van der Waals surface area contributed by atoms with Gasteiger partial charge in [0.15, 0.2) is 0 Å². The Morgan fingerprint density at radius 1 is 0.711 bits per heavy atom. The monoisotopic (exact) mass is 733 g/mol. The smallest absolute Gasteiger partial charge is 0 e. The molecule has 1 aliphatic rings. The number of benzene rings is 4. The molecule has 0 N–H and O–H groups in total. The predicted molar refractivity (Wildman–Crippen MR) is 160 cm³/mol. The molecule has 0 fully saturated rings. The topological polar surface area (TPSA) is 25.8 Å². The summed E-state index contributed by atoms with van der Waals surface area (Å²) in [5, 5.41) is 6.74. The van der Waals surface area contributed by atoms with E-state index in [0.29, 0.717) is 0 Å². The van der Waals surface area contributed by atoms with Gasteiger partial charge in [-0.05, 0) is 17.2 Å². The minimum Gasteiger partial charge on any atom is 0 e. The van der Waals surface area contributed by atoms with E-state index in [1.807, 2.05) is 30.5 Å². The molecule has 0 spiro atoms. The van der Waals surface area contributed by atoms with Gasteiger partial charge in [0, 0.05) is 26.3 Å². The molecule has 6 aromatic rings. The number of rotatable bonds is 1. The van der Waals surface area contributed by atoms with Crippen molar-refractivity contribution in [3.05, 3.63) is 109 Å². The first-order valence-corrected chi connectivity index (χ1v) is 19.1. The number of fused-ring (bicyclic) bond motifs is 3. The van der Waals surface area contributed by atoms with Gasteiger partial charge in [0.25, 0.3) is 0 Å². The van der Waals surface area contributed by atoms with Gasteiger partial charge < -0.3 is 4.98 Å². The first-order valence-electron chi connectivity index (χ1n) is 12.9. The van der Waals surface area contributed by atoms with Gasteiger partial charge in [-0.1, -0.05) is 32.9 Å². The SMILES string of the molecule is CC(C)(C)c1c[c-]c(-c2ccccn2)cc1.[CH3][Ge]1([CH3])[c]2cc[c-]c3c4ncccc4c4ccc[c]1c4c23.[Ir]. The summed E-state index contributed by atoms with van der Waals surface area (Å²) in [7, 11) is 0. The first kappa shape index (κ1) is 26.7. The molecule has 0 atom stereocenters. The van der Waals surface area contributed by atoms with Crippen LogP contribution in [0.3, 0.4) is 0 Å². The van der Waals surface area contributed by atoms with Crippen LogP contribution in [0.2, 0.25) is 11.5 Å². The van der Waals surface area contributed by atoms with E-state index in [4.69, 9.17) is 0 Å². The van der Waals surface area contributed by atoms with Crippen molar-refractivity contribution in [2.24, 2.45) is 0 Å². The van der Waals surface area contributed by atoms with Crippen molar-refractivity contribution >= 4 is 54.5 Å². The summed E-state index contributed by atoms with van der Waals surface area (Å²) in [6, 6.07) is 34.4. The molecule has 0 saturated heterocycles. The van der Waals surface area contributed by atoms with Gasteiger partial charge in [-0.15, -0.1) is 35.4 Å². The zero-order chi connectivity index (χ0) is 25.8. The summed E-state index contributed by atoms with van der Waals surface area (Å²) < 4.78 is 3.19. The standard InChI is InChI=1S/C19H14GeN.C15H16N.Ir/c1-20(2)15-9-3-6-12-13-8-5-11-21-19(13)14-7-4-10-16(20)18(14)17(12)15;1-15(2,3)13-9-7-12(8-10-13)14-6-4-5-11-16-14;/h3-6,8-11H,1-2H3;4-7,9-11H,1-3H3;/q2*-1;. The molecule has 38 heavy (non-hydrogen) atoms. The molecule has 7 rings (SSSR count). The molecule has 191 valence electrons. The minimum atomic E-state index is -2.16. The van der Waals surface area contributed by atoms with Crippen LogP contribution in [0, 0.1) is 12.1 Å².